The van der Waals surface area contributed by atoms with Gasteiger partial charge in [-0.15, -0.1) is 0 Å². The number of nitrogens with one attached hydrogen (secondary N) is 1. The largest absolute Gasteiger partial charge is 0.444 e. The van der Waals surface area contributed by atoms with E-state index in [1.54, 1.807) is 0 Å². The summed E-state index contributed by atoms with van der Waals surface area (Å²) in [6.45, 7) is 5.33. The van der Waals surface area contributed by atoms with E-state index in [1.165, 1.54) is 19.3 Å². The molecular weight excluding hydrogens is 328 g/mol. The van der Waals surface area contributed by atoms with Gasteiger partial charge in [0.2, 0.25) is 0 Å². The van der Waals surface area contributed by atoms with Crippen LogP contribution in [0.3, 0.4) is 0 Å². The topological polar surface area (TPSA) is 70.8 Å². The van der Waals surface area contributed by atoms with E-state index in [-0.39, 0.29) is 6.09 Å². The van der Waals surface area contributed by atoms with Gasteiger partial charge in [0.05, 0.1) is 0 Å². The third kappa shape index (κ3) is 7.72. The van der Waals surface area contributed by atoms with Crippen molar-refractivity contribution in [1.82, 2.24) is 15.3 Å². The van der Waals surface area contributed by atoms with Crippen molar-refractivity contribution >= 4 is 6.09 Å². The van der Waals surface area contributed by atoms with E-state index < -0.39 is 0 Å². The van der Waals surface area contributed by atoms with Crippen molar-refractivity contribution in [3.8, 4) is 0 Å². The monoisotopic (exact) mass is 362 g/mol. The summed E-state index contributed by atoms with van der Waals surface area (Å²) in [7, 11) is 0. The van der Waals surface area contributed by atoms with Crippen LogP contribution in [0.15, 0.2) is 30.3 Å². The van der Waals surface area contributed by atoms with Gasteiger partial charge in [-0.1, -0.05) is 56.0 Å². The van der Waals surface area contributed by atoms with E-state index >= 15 is 0 Å². The normalized spacial score (nSPS) is 15.0. The van der Waals surface area contributed by atoms with Gasteiger partial charge >= 0.3 is 6.09 Å². The summed E-state index contributed by atoms with van der Waals surface area (Å²) in [5.74, 6) is 0. The molecule has 6 heteroatoms. The van der Waals surface area contributed by atoms with Crippen molar-refractivity contribution < 1.29 is 9.53 Å². The molecule has 1 heterocycles. The summed E-state index contributed by atoms with van der Waals surface area (Å²) in [6, 6.07) is 9.84. The molecule has 1 saturated heterocycles. The lowest BCUT2D eigenvalue weighted by Crippen LogP contribution is -2.54. The number of nitrogens with zero attached hydrogens (tertiary/aromatic N) is 2. The van der Waals surface area contributed by atoms with Crippen LogP contribution in [0.4, 0.5) is 4.79 Å². The molecule has 0 saturated carbocycles. The quantitative estimate of drug-likeness (QED) is 0.592. The number of piperazine rings is 1. The van der Waals surface area contributed by atoms with Gasteiger partial charge in [-0.2, -0.15) is 0 Å². The number of benzene rings is 1. The van der Waals surface area contributed by atoms with Crippen LogP contribution in [0.1, 0.15) is 44.1 Å². The minimum atomic E-state index is -0.237. The van der Waals surface area contributed by atoms with Crippen molar-refractivity contribution in [2.45, 2.75) is 45.1 Å². The minimum Gasteiger partial charge on any atom is -0.444 e. The Morgan fingerprint density at radius 3 is 2.38 bits per heavy atom. The second kappa shape index (κ2) is 12.7. The SMILES string of the molecule is NCCCCCCCCN(C(=O)OCc1ccccc1)N1CCNCC1. The van der Waals surface area contributed by atoms with Crippen LogP contribution in [0.2, 0.25) is 0 Å². The number of carbonyl (C=O) groups is 1. The van der Waals surface area contributed by atoms with E-state index in [0.717, 1.165) is 64.1 Å². The summed E-state index contributed by atoms with van der Waals surface area (Å²) < 4.78 is 5.56. The molecule has 3 N–H and O–H groups in total. The molecule has 0 radical (unpaired) electrons. The molecule has 0 atom stereocenters. The molecule has 1 aromatic rings. The molecule has 2 rings (SSSR count). The Kier molecular flexibility index (Phi) is 10.1. The smallest absolute Gasteiger partial charge is 0.424 e. The van der Waals surface area contributed by atoms with Crippen LogP contribution in [0.5, 0.6) is 0 Å². The van der Waals surface area contributed by atoms with Gasteiger partial charge in [0.25, 0.3) is 0 Å². The molecule has 1 fully saturated rings. The molecule has 1 aromatic carbocycles. The number of amides is 1. The first-order valence-corrected chi connectivity index (χ1v) is 9.95. The van der Waals surface area contributed by atoms with Gasteiger partial charge in [-0.25, -0.2) is 14.8 Å². The van der Waals surface area contributed by atoms with E-state index in [9.17, 15) is 4.79 Å². The summed E-state index contributed by atoms with van der Waals surface area (Å²) >= 11 is 0. The van der Waals surface area contributed by atoms with Gasteiger partial charge < -0.3 is 15.8 Å². The maximum atomic E-state index is 12.6. The van der Waals surface area contributed by atoms with Crippen molar-refractivity contribution in [2.24, 2.45) is 5.73 Å². The Balaban J connectivity index is 1.77. The lowest BCUT2D eigenvalue weighted by atomic mass is 10.1. The Morgan fingerprint density at radius 1 is 1.04 bits per heavy atom. The second-order valence-corrected chi connectivity index (χ2v) is 6.78. The summed E-state index contributed by atoms with van der Waals surface area (Å²) in [6.07, 6.45) is 6.65. The van der Waals surface area contributed by atoms with Crippen molar-refractivity contribution in [2.75, 3.05) is 39.3 Å². The number of hydrazine groups is 1. The highest BCUT2D eigenvalue weighted by Gasteiger charge is 2.23. The zero-order chi connectivity index (χ0) is 18.5. The van der Waals surface area contributed by atoms with E-state index in [0.29, 0.717) is 6.61 Å². The first kappa shape index (κ1) is 20.7. The fourth-order valence-corrected chi connectivity index (χ4v) is 3.15. The predicted molar refractivity (Wildman–Crippen MR) is 105 cm³/mol. The van der Waals surface area contributed by atoms with Crippen LogP contribution in [-0.4, -0.2) is 55.4 Å². The first-order valence-electron chi connectivity index (χ1n) is 9.95. The highest BCUT2D eigenvalue weighted by atomic mass is 16.6. The average Bonchev–Trinajstić information content (AvgIpc) is 2.70. The Bertz CT molecular complexity index is 492. The molecular formula is C20H34N4O2. The lowest BCUT2D eigenvalue weighted by molar-refractivity contribution is -0.0329. The first-order chi connectivity index (χ1) is 12.8. The fourth-order valence-electron chi connectivity index (χ4n) is 3.15. The zero-order valence-corrected chi connectivity index (χ0v) is 15.9. The zero-order valence-electron chi connectivity index (χ0n) is 15.9. The van der Waals surface area contributed by atoms with Crippen LogP contribution in [0, 0.1) is 0 Å². The molecule has 1 amide bonds. The third-order valence-electron chi connectivity index (χ3n) is 4.67. The van der Waals surface area contributed by atoms with Crippen LogP contribution >= 0.6 is 0 Å². The molecule has 146 valence electrons. The van der Waals surface area contributed by atoms with E-state index in [1.807, 2.05) is 35.3 Å². The number of hydrogen-bond acceptors (Lipinski definition) is 5. The Morgan fingerprint density at radius 2 is 1.69 bits per heavy atom. The van der Waals surface area contributed by atoms with Crippen molar-refractivity contribution in [1.29, 1.82) is 0 Å². The highest BCUT2D eigenvalue weighted by molar-refractivity contribution is 5.67. The van der Waals surface area contributed by atoms with Crippen molar-refractivity contribution in [3.05, 3.63) is 35.9 Å². The molecule has 1 aliphatic rings. The van der Waals surface area contributed by atoms with E-state index in [4.69, 9.17) is 10.5 Å². The number of nitrogens with two attached hydrogens (primary N) is 1. The fraction of sp³-hybridized carbons (Fsp3) is 0.650. The Labute approximate surface area is 157 Å². The number of rotatable bonds is 11. The average molecular weight is 363 g/mol. The molecule has 1 aliphatic heterocycles. The van der Waals surface area contributed by atoms with Gasteiger partial charge in [0.15, 0.2) is 0 Å². The van der Waals surface area contributed by atoms with Gasteiger partial charge in [0.1, 0.15) is 6.61 Å². The summed E-state index contributed by atoms with van der Waals surface area (Å²) in [4.78, 5) is 12.6. The van der Waals surface area contributed by atoms with Crippen molar-refractivity contribution in [3.63, 3.8) is 0 Å². The summed E-state index contributed by atoms with van der Waals surface area (Å²) in [5.41, 5.74) is 6.54. The number of hydrogen-bond donors (Lipinski definition) is 2. The van der Waals surface area contributed by atoms with Gasteiger partial charge in [0, 0.05) is 32.7 Å². The van der Waals surface area contributed by atoms with Gasteiger partial charge in [-0.05, 0) is 24.9 Å². The molecule has 0 bridgehead atoms. The second-order valence-electron chi connectivity index (χ2n) is 6.78. The minimum absolute atomic E-state index is 0.237. The molecule has 6 nitrogen and oxygen atoms in total. The molecule has 0 spiro atoms. The number of carbonyl (C=O) groups excluding carboxylic acids is 1. The Hall–Kier alpha value is -1.63. The number of unbranched alkanes of at least 4 members (excludes halogenated alkanes) is 5. The molecule has 26 heavy (non-hydrogen) atoms. The molecule has 0 unspecified atom stereocenters. The molecule has 0 aromatic heterocycles. The summed E-state index contributed by atoms with van der Waals surface area (Å²) in [5, 5.41) is 7.26. The van der Waals surface area contributed by atoms with E-state index in [2.05, 4.69) is 10.3 Å². The number of ether oxygens (including phenoxy) is 1. The molecule has 0 aliphatic carbocycles. The van der Waals surface area contributed by atoms with Crippen LogP contribution in [-0.2, 0) is 11.3 Å². The standard InChI is InChI=1S/C20H34N4O2/c21-12-8-3-1-2-4-9-15-24(23-16-13-22-14-17-23)20(25)26-18-19-10-6-5-7-11-19/h5-7,10-11,22H,1-4,8-9,12-18,21H2. The van der Waals surface area contributed by atoms with Crippen LogP contribution in [0.25, 0.3) is 0 Å². The highest BCUT2D eigenvalue weighted by Crippen LogP contribution is 2.11. The maximum Gasteiger partial charge on any atom is 0.424 e. The third-order valence-corrected chi connectivity index (χ3v) is 4.67. The maximum absolute atomic E-state index is 12.6. The van der Waals surface area contributed by atoms with Crippen LogP contribution < -0.4 is 11.1 Å². The lowest BCUT2D eigenvalue weighted by Gasteiger charge is -2.36. The van der Waals surface area contributed by atoms with Gasteiger partial charge in [-0.3, -0.25) is 0 Å². The predicted octanol–water partition coefficient (Wildman–Crippen LogP) is 2.74.